The molecule has 0 aliphatic carbocycles. The van der Waals surface area contributed by atoms with Gasteiger partial charge in [-0.05, 0) is 36.2 Å². The molecule has 0 amide bonds. The Morgan fingerprint density at radius 1 is 1.14 bits per heavy atom. The standard InChI is InChI=1S/C16H19FN4/c1-12-4-3-9-19-15(12)11-21-16(18-2)20-10-13-5-7-14(17)8-6-13/h3-9H,10-11H2,1-2H3,(H2,18,20,21). The third-order valence-electron chi connectivity index (χ3n) is 3.14. The lowest BCUT2D eigenvalue weighted by Gasteiger charge is -2.12. The van der Waals surface area contributed by atoms with Crippen molar-refractivity contribution in [3.63, 3.8) is 0 Å². The summed E-state index contributed by atoms with van der Waals surface area (Å²) in [6.45, 7) is 3.22. The van der Waals surface area contributed by atoms with E-state index in [9.17, 15) is 4.39 Å². The molecule has 0 radical (unpaired) electrons. The Bertz CT molecular complexity index is 608. The number of pyridine rings is 1. The van der Waals surface area contributed by atoms with Gasteiger partial charge in [0.25, 0.3) is 0 Å². The van der Waals surface area contributed by atoms with Gasteiger partial charge in [0.2, 0.25) is 0 Å². The van der Waals surface area contributed by atoms with Crippen LogP contribution in [0.15, 0.2) is 47.6 Å². The van der Waals surface area contributed by atoms with Gasteiger partial charge in [-0.3, -0.25) is 9.98 Å². The second kappa shape index (κ2) is 7.38. The highest BCUT2D eigenvalue weighted by Gasteiger charge is 2.02. The van der Waals surface area contributed by atoms with Crippen LogP contribution in [-0.4, -0.2) is 18.0 Å². The summed E-state index contributed by atoms with van der Waals surface area (Å²) in [4.78, 5) is 8.48. The van der Waals surface area contributed by atoms with Gasteiger partial charge < -0.3 is 10.6 Å². The molecule has 1 aromatic carbocycles. The molecule has 1 heterocycles. The van der Waals surface area contributed by atoms with Crippen molar-refractivity contribution in [2.45, 2.75) is 20.0 Å². The Kier molecular flexibility index (Phi) is 5.26. The highest BCUT2D eigenvalue weighted by atomic mass is 19.1. The van der Waals surface area contributed by atoms with Crippen molar-refractivity contribution in [2.24, 2.45) is 4.99 Å². The van der Waals surface area contributed by atoms with Gasteiger partial charge in [0.05, 0.1) is 12.2 Å². The smallest absolute Gasteiger partial charge is 0.191 e. The van der Waals surface area contributed by atoms with E-state index in [-0.39, 0.29) is 5.82 Å². The summed E-state index contributed by atoms with van der Waals surface area (Å²) in [7, 11) is 1.71. The number of aryl methyl sites for hydroxylation is 1. The number of hydrogen-bond acceptors (Lipinski definition) is 2. The maximum absolute atomic E-state index is 12.8. The molecule has 0 aliphatic heterocycles. The topological polar surface area (TPSA) is 49.3 Å². The number of hydrogen-bond donors (Lipinski definition) is 2. The molecule has 2 rings (SSSR count). The van der Waals surface area contributed by atoms with Gasteiger partial charge in [-0.2, -0.15) is 0 Å². The van der Waals surface area contributed by atoms with Crippen LogP contribution >= 0.6 is 0 Å². The summed E-state index contributed by atoms with van der Waals surface area (Å²) < 4.78 is 12.8. The molecule has 1 aromatic heterocycles. The molecule has 110 valence electrons. The van der Waals surface area contributed by atoms with E-state index >= 15 is 0 Å². The van der Waals surface area contributed by atoms with Crippen LogP contribution in [0, 0.1) is 12.7 Å². The average molecular weight is 286 g/mol. The molecule has 0 atom stereocenters. The first-order valence-electron chi connectivity index (χ1n) is 6.78. The minimum absolute atomic E-state index is 0.230. The fourth-order valence-electron chi connectivity index (χ4n) is 1.88. The maximum atomic E-state index is 12.8. The summed E-state index contributed by atoms with van der Waals surface area (Å²) >= 11 is 0. The molecule has 4 nitrogen and oxygen atoms in total. The predicted molar refractivity (Wildman–Crippen MR) is 82.4 cm³/mol. The van der Waals surface area contributed by atoms with Crippen LogP contribution in [0.4, 0.5) is 4.39 Å². The molecule has 0 fully saturated rings. The first-order valence-corrected chi connectivity index (χ1v) is 6.78. The lowest BCUT2D eigenvalue weighted by Crippen LogP contribution is -2.36. The predicted octanol–water partition coefficient (Wildman–Crippen LogP) is 2.39. The van der Waals surface area contributed by atoms with E-state index in [0.29, 0.717) is 19.0 Å². The number of aromatic nitrogens is 1. The number of benzene rings is 1. The number of aliphatic imine (C=N–C) groups is 1. The molecule has 0 bridgehead atoms. The van der Waals surface area contributed by atoms with Crippen LogP contribution in [-0.2, 0) is 13.1 Å². The van der Waals surface area contributed by atoms with Crippen LogP contribution in [0.3, 0.4) is 0 Å². The van der Waals surface area contributed by atoms with E-state index in [1.807, 2.05) is 19.1 Å². The summed E-state index contributed by atoms with van der Waals surface area (Å²) in [5, 5.41) is 6.39. The van der Waals surface area contributed by atoms with Gasteiger partial charge in [-0.1, -0.05) is 18.2 Å². The number of rotatable bonds is 4. The quantitative estimate of drug-likeness (QED) is 0.670. The number of guanidine groups is 1. The Labute approximate surface area is 124 Å². The van der Waals surface area contributed by atoms with Crippen molar-refractivity contribution in [2.75, 3.05) is 7.05 Å². The SMILES string of the molecule is CN=C(NCc1ccc(F)cc1)NCc1ncccc1C. The third-order valence-corrected chi connectivity index (χ3v) is 3.14. The fraction of sp³-hybridized carbons (Fsp3) is 0.250. The first-order chi connectivity index (χ1) is 10.2. The Morgan fingerprint density at radius 3 is 2.52 bits per heavy atom. The third kappa shape index (κ3) is 4.56. The van der Waals surface area contributed by atoms with Gasteiger partial charge in [-0.15, -0.1) is 0 Å². The lowest BCUT2D eigenvalue weighted by atomic mass is 10.2. The first kappa shape index (κ1) is 15.0. The van der Waals surface area contributed by atoms with Crippen LogP contribution in [0.2, 0.25) is 0 Å². The summed E-state index contributed by atoms with van der Waals surface area (Å²) in [5.74, 6) is 0.455. The minimum atomic E-state index is -0.230. The van der Waals surface area contributed by atoms with Crippen molar-refractivity contribution in [3.8, 4) is 0 Å². The van der Waals surface area contributed by atoms with E-state index in [2.05, 4.69) is 20.6 Å². The number of nitrogens with zero attached hydrogens (tertiary/aromatic N) is 2. The molecular formula is C16H19FN4. The second-order valence-corrected chi connectivity index (χ2v) is 4.67. The Hall–Kier alpha value is -2.43. The van der Waals surface area contributed by atoms with E-state index < -0.39 is 0 Å². The van der Waals surface area contributed by atoms with Crippen LogP contribution in [0.1, 0.15) is 16.8 Å². The molecule has 0 saturated heterocycles. The zero-order chi connectivity index (χ0) is 15.1. The van der Waals surface area contributed by atoms with Gasteiger partial charge in [0, 0.05) is 19.8 Å². The van der Waals surface area contributed by atoms with Crippen LogP contribution in [0.5, 0.6) is 0 Å². The van der Waals surface area contributed by atoms with Crippen molar-refractivity contribution in [1.29, 1.82) is 0 Å². The number of halogens is 1. The van der Waals surface area contributed by atoms with Gasteiger partial charge in [0.1, 0.15) is 5.82 Å². The van der Waals surface area contributed by atoms with Crippen molar-refractivity contribution in [3.05, 3.63) is 65.2 Å². The van der Waals surface area contributed by atoms with Crippen molar-refractivity contribution < 1.29 is 4.39 Å². The van der Waals surface area contributed by atoms with E-state index in [1.54, 1.807) is 25.4 Å². The minimum Gasteiger partial charge on any atom is -0.352 e. The van der Waals surface area contributed by atoms with Gasteiger partial charge in [0.15, 0.2) is 5.96 Å². The summed E-state index contributed by atoms with van der Waals surface area (Å²) in [6, 6.07) is 10.3. The summed E-state index contributed by atoms with van der Waals surface area (Å²) in [6.07, 6.45) is 1.78. The Morgan fingerprint density at radius 2 is 1.86 bits per heavy atom. The largest absolute Gasteiger partial charge is 0.352 e. The zero-order valence-electron chi connectivity index (χ0n) is 12.2. The maximum Gasteiger partial charge on any atom is 0.191 e. The fourth-order valence-corrected chi connectivity index (χ4v) is 1.88. The van der Waals surface area contributed by atoms with E-state index in [0.717, 1.165) is 16.8 Å². The molecule has 0 saturated carbocycles. The Balaban J connectivity index is 1.86. The molecule has 0 aliphatic rings. The zero-order valence-corrected chi connectivity index (χ0v) is 12.2. The molecule has 21 heavy (non-hydrogen) atoms. The monoisotopic (exact) mass is 286 g/mol. The highest BCUT2D eigenvalue weighted by Crippen LogP contribution is 2.03. The second-order valence-electron chi connectivity index (χ2n) is 4.67. The van der Waals surface area contributed by atoms with Crippen LogP contribution in [0.25, 0.3) is 0 Å². The van der Waals surface area contributed by atoms with E-state index in [4.69, 9.17) is 0 Å². The van der Waals surface area contributed by atoms with Crippen LogP contribution < -0.4 is 10.6 Å². The molecule has 2 N–H and O–H groups in total. The molecule has 0 spiro atoms. The van der Waals surface area contributed by atoms with Gasteiger partial charge >= 0.3 is 0 Å². The molecular weight excluding hydrogens is 267 g/mol. The molecule has 0 unspecified atom stereocenters. The summed E-state index contributed by atoms with van der Waals surface area (Å²) in [5.41, 5.74) is 3.12. The van der Waals surface area contributed by atoms with E-state index in [1.165, 1.54) is 12.1 Å². The molecule has 2 aromatic rings. The molecule has 5 heteroatoms. The van der Waals surface area contributed by atoms with Crippen molar-refractivity contribution >= 4 is 5.96 Å². The lowest BCUT2D eigenvalue weighted by molar-refractivity contribution is 0.626. The van der Waals surface area contributed by atoms with Gasteiger partial charge in [-0.25, -0.2) is 4.39 Å². The van der Waals surface area contributed by atoms with Crippen molar-refractivity contribution in [1.82, 2.24) is 15.6 Å². The number of nitrogens with one attached hydrogen (secondary N) is 2. The normalized spacial score (nSPS) is 11.3. The highest BCUT2D eigenvalue weighted by molar-refractivity contribution is 5.79. The average Bonchev–Trinajstić information content (AvgIpc) is 2.51.